The van der Waals surface area contributed by atoms with Gasteiger partial charge in [0, 0.05) is 112 Å². The summed E-state index contributed by atoms with van der Waals surface area (Å²) in [4.78, 5) is 61.6. The number of H-pyrrole nitrogens is 1. The number of aryl methyl sites for hydroxylation is 2. The van der Waals surface area contributed by atoms with Crippen molar-refractivity contribution in [3.63, 3.8) is 0 Å². The lowest BCUT2D eigenvalue weighted by atomic mass is 9.98. The summed E-state index contributed by atoms with van der Waals surface area (Å²) < 4.78 is 93.1. The molecule has 0 spiro atoms. The van der Waals surface area contributed by atoms with E-state index in [0.717, 1.165) is 69.4 Å². The molecule has 3 N–H and O–H groups in total. The summed E-state index contributed by atoms with van der Waals surface area (Å²) >= 11 is 0. The molecule has 8 heterocycles. The number of urea groups is 2. The van der Waals surface area contributed by atoms with Gasteiger partial charge in [0.1, 0.15) is 11.6 Å². The molecule has 0 bridgehead atoms. The van der Waals surface area contributed by atoms with Crippen molar-refractivity contribution in [1.82, 2.24) is 29.7 Å². The lowest BCUT2D eigenvalue weighted by Crippen LogP contribution is -2.36. The minimum absolute atomic E-state index is 0.0803. The van der Waals surface area contributed by atoms with Crippen molar-refractivity contribution in [2.45, 2.75) is 51.9 Å². The number of benzene rings is 2. The van der Waals surface area contributed by atoms with Crippen LogP contribution < -0.4 is 30.7 Å². The number of nitrogens with zero attached hydrogens (tertiary/aromatic N) is 7. The molecule has 0 unspecified atom stereocenters. The highest BCUT2D eigenvalue weighted by Crippen LogP contribution is 2.37. The van der Waals surface area contributed by atoms with E-state index in [1.54, 1.807) is 37.7 Å². The van der Waals surface area contributed by atoms with E-state index in [4.69, 9.17) is 24.2 Å². The fourth-order valence-corrected chi connectivity index (χ4v) is 10.3. The normalized spacial score (nSPS) is 17.8. The molecular formula is C57H62F6N10O6. The van der Waals surface area contributed by atoms with E-state index >= 15 is 0 Å². The summed E-state index contributed by atoms with van der Waals surface area (Å²) in [7, 11) is 1.57. The Bertz CT molecular complexity index is 3180. The van der Waals surface area contributed by atoms with E-state index in [9.17, 15) is 40.7 Å². The number of morpholine rings is 2. The molecular weight excluding hydrogens is 1030 g/mol. The van der Waals surface area contributed by atoms with E-state index < -0.39 is 49.1 Å². The smallest absolute Gasteiger partial charge is 0.389 e. The van der Waals surface area contributed by atoms with Crippen LogP contribution in [0.25, 0.3) is 44.8 Å². The molecule has 2 aromatic carbocycles. The zero-order valence-electron chi connectivity index (χ0n) is 44.1. The van der Waals surface area contributed by atoms with Gasteiger partial charge >= 0.3 is 24.4 Å². The highest BCUT2D eigenvalue weighted by atomic mass is 19.4. The molecule has 4 aliphatic rings. The lowest BCUT2D eigenvalue weighted by Gasteiger charge is -2.28. The van der Waals surface area contributed by atoms with Gasteiger partial charge in [0.25, 0.3) is 0 Å². The molecule has 22 heteroatoms. The average Bonchev–Trinajstić information content (AvgIpc) is 4.13. The summed E-state index contributed by atoms with van der Waals surface area (Å²) in [5.74, 6) is 0.905. The van der Waals surface area contributed by atoms with Crippen LogP contribution in [0.3, 0.4) is 0 Å². The van der Waals surface area contributed by atoms with Gasteiger partial charge < -0.3 is 49.4 Å². The molecule has 4 fully saturated rings. The van der Waals surface area contributed by atoms with Crippen LogP contribution in [-0.4, -0.2) is 140 Å². The standard InChI is InChI=1S/C29H32F3N5O3.C28H30F3N5O3/c1-19-3-4-23(34-28(38)37-8-6-20(18-37)17-29(30,31)32)16-24(19)22-13-25(21-5-7-33-27(15-21)39-2)35-26(14-22)36-9-11-40-12-10-36;1-18-2-3-22(33-27(38)36-7-5-19(17-36)16-28(29,30)31)15-23(18)21-12-24(20-4-6-32-26(37)14-20)34-25(13-21)35-8-10-39-11-9-35/h3-5,7,13-16,20H,6,8-12,17-18H2,1-2H3,(H,34,38);2-4,6,12-15,19H,5,7-11,16-17H2,1H3,(H,32,37)(H,33,38)/t20-;19-/m00/s1. The first-order chi connectivity index (χ1) is 37.8. The van der Waals surface area contributed by atoms with Crippen LogP contribution in [0.15, 0.2) is 102 Å². The first-order valence-electron chi connectivity index (χ1n) is 26.2. The molecule has 2 atom stereocenters. The molecule has 6 aromatic rings. The Labute approximate surface area is 453 Å². The van der Waals surface area contributed by atoms with Crippen molar-refractivity contribution in [3.8, 4) is 50.6 Å². The summed E-state index contributed by atoms with van der Waals surface area (Å²) in [5.41, 5.74) is 9.34. The average molecular weight is 1100 g/mol. The highest BCUT2D eigenvalue weighted by Gasteiger charge is 2.38. The highest BCUT2D eigenvalue weighted by molar-refractivity contribution is 5.92. The van der Waals surface area contributed by atoms with Crippen molar-refractivity contribution < 1.29 is 50.1 Å². The second kappa shape index (κ2) is 24.5. The Hall–Kier alpha value is -7.72. The number of halogens is 6. The largest absolute Gasteiger partial charge is 0.481 e. The van der Waals surface area contributed by atoms with E-state index in [2.05, 4.69) is 30.4 Å². The Morgan fingerprint density at radius 3 is 1.53 bits per heavy atom. The molecule has 0 radical (unpaired) electrons. The number of hydrogen-bond donors (Lipinski definition) is 3. The monoisotopic (exact) mass is 1100 g/mol. The van der Waals surface area contributed by atoms with Gasteiger partial charge in [-0.2, -0.15) is 26.3 Å². The zero-order chi connectivity index (χ0) is 55.8. The number of alkyl halides is 6. The minimum atomic E-state index is -4.24. The molecule has 79 heavy (non-hydrogen) atoms. The van der Waals surface area contributed by atoms with Crippen molar-refractivity contribution in [1.29, 1.82) is 0 Å². The van der Waals surface area contributed by atoms with Gasteiger partial charge in [-0.1, -0.05) is 12.1 Å². The molecule has 4 aromatic heterocycles. The van der Waals surface area contributed by atoms with Gasteiger partial charge in [-0.3, -0.25) is 4.79 Å². The summed E-state index contributed by atoms with van der Waals surface area (Å²) in [6, 6.07) is 25.3. The molecule has 4 amide bonds. The Morgan fingerprint density at radius 2 is 1.09 bits per heavy atom. The number of aromatic amines is 1. The number of amides is 4. The predicted molar refractivity (Wildman–Crippen MR) is 289 cm³/mol. The van der Waals surface area contributed by atoms with Gasteiger partial charge in [-0.25, -0.2) is 24.5 Å². The number of ether oxygens (including phenoxy) is 3. The van der Waals surface area contributed by atoms with Gasteiger partial charge in [0.05, 0.1) is 44.9 Å². The number of pyridine rings is 4. The minimum Gasteiger partial charge on any atom is -0.481 e. The molecule has 10 rings (SSSR count). The molecule has 0 saturated carbocycles. The molecule has 0 aliphatic carbocycles. The maximum atomic E-state index is 12.9. The van der Waals surface area contributed by atoms with E-state index in [1.807, 2.05) is 74.5 Å². The topological polar surface area (TPSA) is 170 Å². The van der Waals surface area contributed by atoms with Crippen molar-refractivity contribution in [3.05, 3.63) is 119 Å². The predicted octanol–water partition coefficient (Wildman–Crippen LogP) is 10.8. The van der Waals surface area contributed by atoms with E-state index in [-0.39, 0.29) is 25.2 Å². The van der Waals surface area contributed by atoms with Crippen LogP contribution in [0.4, 0.5) is 58.9 Å². The second-order valence-corrected chi connectivity index (χ2v) is 20.2. The summed E-state index contributed by atoms with van der Waals surface area (Å²) in [5, 5.41) is 5.74. The number of anilines is 4. The SMILES string of the molecule is COc1cc(-c2cc(-c3cc(NC(=O)N4CC[C@@H](CC(F)(F)F)C4)ccc3C)cc(N3CCOCC3)n2)ccn1.Cc1ccc(NC(=O)N2CC[C@@H](CC(F)(F)F)C2)cc1-c1cc(-c2cc[nH]c(=O)c2)nc(N2CCOCC2)c1. The maximum Gasteiger partial charge on any atom is 0.389 e. The second-order valence-electron chi connectivity index (χ2n) is 20.2. The Morgan fingerprint density at radius 1 is 0.620 bits per heavy atom. The third kappa shape index (κ3) is 14.9. The number of carbonyl (C=O) groups excluding carboxylic acids is 2. The lowest BCUT2D eigenvalue weighted by molar-refractivity contribution is -0.144. The number of aromatic nitrogens is 4. The Balaban J connectivity index is 0.000000192. The first kappa shape index (κ1) is 56.0. The number of likely N-dealkylation sites (tertiary alicyclic amines) is 2. The van der Waals surface area contributed by atoms with Crippen LogP contribution in [0.2, 0.25) is 0 Å². The van der Waals surface area contributed by atoms with Gasteiger partial charge in [-0.15, -0.1) is 0 Å². The Kier molecular flexibility index (Phi) is 17.4. The van der Waals surface area contributed by atoms with Crippen molar-refractivity contribution in [2.75, 3.05) is 106 Å². The van der Waals surface area contributed by atoms with Crippen molar-refractivity contribution >= 4 is 35.1 Å². The molecule has 4 aliphatic heterocycles. The summed E-state index contributed by atoms with van der Waals surface area (Å²) in [6.07, 6.45) is -6.28. The molecule has 4 saturated heterocycles. The van der Waals surface area contributed by atoms with Crippen LogP contribution in [0, 0.1) is 25.7 Å². The first-order valence-corrected chi connectivity index (χ1v) is 26.2. The van der Waals surface area contributed by atoms with Crippen LogP contribution in [-0.2, 0) is 9.47 Å². The number of hydrogen-bond acceptors (Lipinski definition) is 11. The number of nitrogens with one attached hydrogen (secondary N) is 3. The quantitative estimate of drug-likeness (QED) is 0.106. The van der Waals surface area contributed by atoms with Crippen LogP contribution >= 0.6 is 0 Å². The fraction of sp³-hybridized carbons (Fsp3) is 0.404. The maximum absolute atomic E-state index is 12.9. The van der Waals surface area contributed by atoms with Crippen LogP contribution in [0.1, 0.15) is 36.8 Å². The molecule has 418 valence electrons. The molecule has 16 nitrogen and oxygen atoms in total. The van der Waals surface area contributed by atoms with Gasteiger partial charge in [0.15, 0.2) is 0 Å². The fourth-order valence-electron chi connectivity index (χ4n) is 10.3. The number of carbonyl (C=O) groups is 2. The van der Waals surface area contributed by atoms with Gasteiger partial charge in [-0.05, 0) is 133 Å². The number of rotatable bonds is 11. The van der Waals surface area contributed by atoms with Gasteiger partial charge in [0.2, 0.25) is 11.4 Å². The van der Waals surface area contributed by atoms with Crippen molar-refractivity contribution in [2.24, 2.45) is 11.8 Å². The zero-order valence-corrected chi connectivity index (χ0v) is 44.1. The number of methoxy groups -OCH3 is 1. The van der Waals surface area contributed by atoms with E-state index in [1.165, 1.54) is 15.9 Å². The van der Waals surface area contributed by atoms with Crippen LogP contribution in [0.5, 0.6) is 5.88 Å². The summed E-state index contributed by atoms with van der Waals surface area (Å²) in [6.45, 7) is 9.94. The van der Waals surface area contributed by atoms with E-state index in [0.29, 0.717) is 87.4 Å². The third-order valence-corrected chi connectivity index (χ3v) is 14.4. The third-order valence-electron chi connectivity index (χ3n) is 14.4.